The van der Waals surface area contributed by atoms with Crippen LogP contribution in [-0.2, 0) is 6.42 Å². The summed E-state index contributed by atoms with van der Waals surface area (Å²) in [7, 11) is 0. The number of benzene rings is 2. The van der Waals surface area contributed by atoms with Crippen LogP contribution in [0.25, 0.3) is 0 Å². The lowest BCUT2D eigenvalue weighted by molar-refractivity contribution is 1.18. The van der Waals surface area contributed by atoms with Crippen molar-refractivity contribution in [3.05, 3.63) is 77.7 Å². The molecule has 1 radical (unpaired) electrons. The van der Waals surface area contributed by atoms with E-state index in [2.05, 4.69) is 67.9 Å². The zero-order valence-electron chi connectivity index (χ0n) is 8.98. The fraction of sp³-hybridized carbons (Fsp3) is 0.133. The van der Waals surface area contributed by atoms with Gasteiger partial charge in [0.15, 0.2) is 0 Å². The second kappa shape index (κ2) is 4.79. The average Bonchev–Trinajstić information content (AvgIpc) is 2.31. The first-order valence-electron chi connectivity index (χ1n) is 5.31. The summed E-state index contributed by atoms with van der Waals surface area (Å²) in [6, 6.07) is 19.2. The summed E-state index contributed by atoms with van der Waals surface area (Å²) in [6.45, 7) is 2.07. The number of rotatable bonds is 3. The molecule has 0 bridgehead atoms. The fourth-order valence-corrected chi connectivity index (χ4v) is 1.71. The Labute approximate surface area is 91.6 Å². The van der Waals surface area contributed by atoms with Crippen LogP contribution in [0.4, 0.5) is 0 Å². The maximum atomic E-state index is 2.24. The first-order chi connectivity index (χ1) is 7.38. The van der Waals surface area contributed by atoms with Crippen LogP contribution in [0.1, 0.15) is 23.6 Å². The molecule has 2 aromatic carbocycles. The fourth-order valence-electron chi connectivity index (χ4n) is 1.71. The van der Waals surface area contributed by atoms with Crippen molar-refractivity contribution in [3.63, 3.8) is 0 Å². The number of hydrogen-bond donors (Lipinski definition) is 0. The Morgan fingerprint density at radius 1 is 0.867 bits per heavy atom. The first kappa shape index (κ1) is 9.97. The summed E-state index contributed by atoms with van der Waals surface area (Å²) in [5.74, 6) is 0. The van der Waals surface area contributed by atoms with Crippen molar-refractivity contribution >= 4 is 0 Å². The third kappa shape index (κ3) is 2.69. The van der Waals surface area contributed by atoms with Crippen LogP contribution >= 0.6 is 0 Å². The van der Waals surface area contributed by atoms with E-state index in [0.717, 1.165) is 6.42 Å². The van der Waals surface area contributed by atoms with Crippen molar-refractivity contribution in [2.45, 2.75) is 13.3 Å². The highest BCUT2D eigenvalue weighted by Crippen LogP contribution is 2.12. The lowest BCUT2D eigenvalue weighted by Gasteiger charge is -2.03. The van der Waals surface area contributed by atoms with Gasteiger partial charge in [-0.1, -0.05) is 61.5 Å². The lowest BCUT2D eigenvalue weighted by Crippen LogP contribution is -1.88. The van der Waals surface area contributed by atoms with E-state index >= 15 is 0 Å². The molecule has 2 aromatic rings. The van der Waals surface area contributed by atoms with Gasteiger partial charge in [0.2, 0.25) is 0 Å². The molecule has 0 heterocycles. The maximum absolute atomic E-state index is 2.24. The van der Waals surface area contributed by atoms with E-state index in [4.69, 9.17) is 0 Å². The Morgan fingerprint density at radius 2 is 1.60 bits per heavy atom. The van der Waals surface area contributed by atoms with Gasteiger partial charge in [0.25, 0.3) is 0 Å². The standard InChI is InChI=1S/C15H15/c1-2-13-9-6-10-15(11-13)12-14-7-4-3-5-8-14/h2-11H,12H2,1H3. The molecule has 0 saturated heterocycles. The van der Waals surface area contributed by atoms with Crippen LogP contribution in [0.2, 0.25) is 0 Å². The normalized spacial score (nSPS) is 10.2. The monoisotopic (exact) mass is 195 g/mol. The summed E-state index contributed by atoms with van der Waals surface area (Å²) < 4.78 is 0. The Kier molecular flexibility index (Phi) is 3.18. The van der Waals surface area contributed by atoms with Gasteiger partial charge in [-0.15, -0.1) is 0 Å². The van der Waals surface area contributed by atoms with E-state index in [9.17, 15) is 0 Å². The molecule has 2 rings (SSSR count). The van der Waals surface area contributed by atoms with Gasteiger partial charge in [-0.25, -0.2) is 0 Å². The summed E-state index contributed by atoms with van der Waals surface area (Å²) in [6.07, 6.45) is 3.15. The van der Waals surface area contributed by atoms with E-state index in [-0.39, 0.29) is 0 Å². The molecular weight excluding hydrogens is 180 g/mol. The van der Waals surface area contributed by atoms with Gasteiger partial charge in [-0.2, -0.15) is 0 Å². The topological polar surface area (TPSA) is 0 Å². The Bertz CT molecular complexity index is 415. The van der Waals surface area contributed by atoms with Gasteiger partial charge in [-0.05, 0) is 29.5 Å². The summed E-state index contributed by atoms with van der Waals surface area (Å²) >= 11 is 0. The molecule has 0 saturated carbocycles. The van der Waals surface area contributed by atoms with Gasteiger partial charge in [0.05, 0.1) is 0 Å². The Balaban J connectivity index is 2.17. The van der Waals surface area contributed by atoms with E-state index in [1.54, 1.807) is 0 Å². The predicted octanol–water partition coefficient (Wildman–Crippen LogP) is 3.85. The molecular formula is C15H15. The quantitative estimate of drug-likeness (QED) is 0.697. The molecule has 0 aliphatic rings. The highest BCUT2D eigenvalue weighted by molar-refractivity contribution is 5.32. The number of hydrogen-bond acceptors (Lipinski definition) is 0. The molecule has 0 atom stereocenters. The second-order valence-electron chi connectivity index (χ2n) is 3.70. The van der Waals surface area contributed by atoms with Crippen molar-refractivity contribution in [2.75, 3.05) is 0 Å². The zero-order valence-corrected chi connectivity index (χ0v) is 8.98. The van der Waals surface area contributed by atoms with Crippen molar-refractivity contribution in [1.29, 1.82) is 0 Å². The molecule has 0 unspecified atom stereocenters. The predicted molar refractivity (Wildman–Crippen MR) is 64.8 cm³/mol. The molecule has 0 heteroatoms. The van der Waals surface area contributed by atoms with E-state index in [1.807, 2.05) is 0 Å². The van der Waals surface area contributed by atoms with Crippen LogP contribution in [0.3, 0.4) is 0 Å². The van der Waals surface area contributed by atoms with Gasteiger partial charge in [0, 0.05) is 0 Å². The zero-order chi connectivity index (χ0) is 10.5. The van der Waals surface area contributed by atoms with Crippen molar-refractivity contribution in [3.8, 4) is 0 Å². The van der Waals surface area contributed by atoms with Crippen LogP contribution in [0.15, 0.2) is 54.6 Å². The van der Waals surface area contributed by atoms with E-state index in [1.165, 1.54) is 16.7 Å². The minimum absolute atomic E-state index is 1.02. The van der Waals surface area contributed by atoms with Crippen LogP contribution in [-0.4, -0.2) is 0 Å². The third-order valence-electron chi connectivity index (χ3n) is 2.54. The summed E-state index contributed by atoms with van der Waals surface area (Å²) in [5, 5.41) is 0. The lowest BCUT2D eigenvalue weighted by atomic mass is 10.0. The SMILES string of the molecule is C[CH]c1cccc(Cc2ccccc2)c1. The third-order valence-corrected chi connectivity index (χ3v) is 2.54. The molecule has 0 N–H and O–H groups in total. The largest absolute Gasteiger partial charge is 0.0622 e. The average molecular weight is 195 g/mol. The molecule has 0 amide bonds. The van der Waals surface area contributed by atoms with Crippen molar-refractivity contribution < 1.29 is 0 Å². The van der Waals surface area contributed by atoms with Crippen LogP contribution in [0.5, 0.6) is 0 Å². The van der Waals surface area contributed by atoms with E-state index < -0.39 is 0 Å². The highest BCUT2D eigenvalue weighted by Gasteiger charge is 1.96. The van der Waals surface area contributed by atoms with E-state index in [0.29, 0.717) is 0 Å². The van der Waals surface area contributed by atoms with Crippen molar-refractivity contribution in [1.82, 2.24) is 0 Å². The minimum Gasteiger partial charge on any atom is -0.0622 e. The minimum atomic E-state index is 1.02. The molecule has 75 valence electrons. The summed E-state index contributed by atoms with van der Waals surface area (Å²) in [4.78, 5) is 0. The molecule has 0 aliphatic carbocycles. The molecule has 0 spiro atoms. The highest BCUT2D eigenvalue weighted by atomic mass is 14.0. The molecule has 15 heavy (non-hydrogen) atoms. The second-order valence-corrected chi connectivity index (χ2v) is 3.70. The molecule has 0 aromatic heterocycles. The van der Waals surface area contributed by atoms with Crippen LogP contribution in [0, 0.1) is 6.42 Å². The Morgan fingerprint density at radius 3 is 2.33 bits per heavy atom. The first-order valence-corrected chi connectivity index (χ1v) is 5.31. The van der Waals surface area contributed by atoms with Gasteiger partial charge >= 0.3 is 0 Å². The molecule has 0 aliphatic heterocycles. The molecule has 0 nitrogen and oxygen atoms in total. The summed E-state index contributed by atoms with van der Waals surface area (Å²) in [5.41, 5.74) is 4.03. The van der Waals surface area contributed by atoms with Gasteiger partial charge in [-0.3, -0.25) is 0 Å². The van der Waals surface area contributed by atoms with Gasteiger partial charge in [0.1, 0.15) is 0 Å². The van der Waals surface area contributed by atoms with Crippen LogP contribution < -0.4 is 0 Å². The van der Waals surface area contributed by atoms with Crippen molar-refractivity contribution in [2.24, 2.45) is 0 Å². The maximum Gasteiger partial charge on any atom is -0.00257 e. The van der Waals surface area contributed by atoms with Gasteiger partial charge < -0.3 is 0 Å². The molecule has 0 fully saturated rings. The smallest absolute Gasteiger partial charge is 0.00257 e. The Hall–Kier alpha value is -1.56.